The molecule has 5 nitrogen and oxygen atoms in total. The van der Waals surface area contributed by atoms with Crippen molar-refractivity contribution in [3.63, 3.8) is 0 Å². The van der Waals surface area contributed by atoms with E-state index < -0.39 is 18.0 Å². The number of amides is 1. The molecule has 4 rings (SSSR count). The number of aryl methyl sites for hydroxylation is 1. The van der Waals surface area contributed by atoms with Crippen molar-refractivity contribution in [3.05, 3.63) is 47.4 Å². The van der Waals surface area contributed by atoms with Gasteiger partial charge in [-0.05, 0) is 44.2 Å². The van der Waals surface area contributed by atoms with Gasteiger partial charge in [-0.2, -0.15) is 18.3 Å². The summed E-state index contributed by atoms with van der Waals surface area (Å²) in [5.74, 6) is -0.565. The third-order valence-corrected chi connectivity index (χ3v) is 5.84. The van der Waals surface area contributed by atoms with E-state index in [9.17, 15) is 22.4 Å². The van der Waals surface area contributed by atoms with Crippen LogP contribution in [0.3, 0.4) is 0 Å². The zero-order valence-electron chi connectivity index (χ0n) is 15.9. The van der Waals surface area contributed by atoms with Gasteiger partial charge in [-0.1, -0.05) is 12.1 Å². The number of likely N-dealkylation sites (tertiary alicyclic amines) is 1. The molecule has 2 aromatic rings. The van der Waals surface area contributed by atoms with Crippen LogP contribution < -0.4 is 5.32 Å². The van der Waals surface area contributed by atoms with E-state index in [1.54, 1.807) is 24.0 Å². The number of anilines is 1. The molecule has 0 radical (unpaired) electrons. The van der Waals surface area contributed by atoms with Crippen molar-refractivity contribution in [1.82, 2.24) is 14.7 Å². The highest BCUT2D eigenvalue weighted by Crippen LogP contribution is 2.42. The van der Waals surface area contributed by atoms with Gasteiger partial charge in [-0.3, -0.25) is 4.79 Å². The number of hydrogen-bond acceptors (Lipinski definition) is 3. The standard InChI is InChI=1S/C20H22F4N4O/c1-12-10-18-25-16(11-17(20(22,23)24)28(18)26-12)13-6-8-27(9-7-13)19(29)14-4-2-3-5-15(14)21/h2-5,10,13,16-17,25H,6-9,11H2,1H3/t16-,17+/m0/s1. The molecule has 29 heavy (non-hydrogen) atoms. The molecule has 1 fully saturated rings. The van der Waals surface area contributed by atoms with Gasteiger partial charge < -0.3 is 10.2 Å². The Morgan fingerprint density at radius 1 is 1.21 bits per heavy atom. The molecule has 2 aliphatic rings. The summed E-state index contributed by atoms with van der Waals surface area (Å²) in [7, 11) is 0. The average Bonchev–Trinajstić information content (AvgIpc) is 3.06. The second kappa shape index (κ2) is 7.35. The third-order valence-electron chi connectivity index (χ3n) is 5.84. The summed E-state index contributed by atoms with van der Waals surface area (Å²) in [4.78, 5) is 14.1. The molecule has 3 heterocycles. The van der Waals surface area contributed by atoms with Gasteiger partial charge in [-0.25, -0.2) is 9.07 Å². The van der Waals surface area contributed by atoms with Gasteiger partial charge in [0, 0.05) is 25.2 Å². The Hall–Kier alpha value is -2.58. The molecule has 0 spiro atoms. The molecule has 0 saturated carbocycles. The molecular formula is C20H22F4N4O. The summed E-state index contributed by atoms with van der Waals surface area (Å²) < 4.78 is 55.7. The first-order chi connectivity index (χ1) is 13.7. The van der Waals surface area contributed by atoms with Crippen LogP contribution in [0.15, 0.2) is 30.3 Å². The Balaban J connectivity index is 1.45. The van der Waals surface area contributed by atoms with Crippen molar-refractivity contribution in [1.29, 1.82) is 0 Å². The molecule has 2 aliphatic heterocycles. The monoisotopic (exact) mass is 410 g/mol. The van der Waals surface area contributed by atoms with Crippen LogP contribution in [0, 0.1) is 18.7 Å². The first kappa shape index (κ1) is 19.7. The minimum Gasteiger partial charge on any atom is -0.367 e. The van der Waals surface area contributed by atoms with E-state index in [1.165, 1.54) is 18.2 Å². The maximum absolute atomic E-state index is 13.9. The van der Waals surface area contributed by atoms with Crippen LogP contribution in [0.2, 0.25) is 0 Å². The molecule has 2 atom stereocenters. The first-order valence-corrected chi connectivity index (χ1v) is 9.67. The molecule has 1 aromatic carbocycles. The van der Waals surface area contributed by atoms with Gasteiger partial charge in [-0.15, -0.1) is 0 Å². The van der Waals surface area contributed by atoms with Gasteiger partial charge in [0.1, 0.15) is 11.6 Å². The summed E-state index contributed by atoms with van der Waals surface area (Å²) in [5.41, 5.74) is 0.561. The lowest BCUT2D eigenvalue weighted by Gasteiger charge is -2.41. The molecule has 1 aromatic heterocycles. The number of aromatic nitrogens is 2. The minimum atomic E-state index is -4.38. The van der Waals surface area contributed by atoms with Crippen LogP contribution in [0.1, 0.15) is 41.4 Å². The summed E-state index contributed by atoms with van der Waals surface area (Å²) >= 11 is 0. The average molecular weight is 410 g/mol. The number of benzene rings is 1. The molecular weight excluding hydrogens is 388 g/mol. The molecule has 0 bridgehead atoms. The van der Waals surface area contributed by atoms with E-state index in [2.05, 4.69) is 10.4 Å². The van der Waals surface area contributed by atoms with Crippen LogP contribution in [0.4, 0.5) is 23.4 Å². The predicted octanol–water partition coefficient (Wildman–Crippen LogP) is 4.17. The molecule has 0 aliphatic carbocycles. The number of rotatable bonds is 2. The van der Waals surface area contributed by atoms with E-state index in [0.29, 0.717) is 37.4 Å². The normalized spacial score (nSPS) is 22.9. The second-order valence-electron chi connectivity index (χ2n) is 7.77. The Labute approximate surface area is 165 Å². The number of hydrogen-bond donors (Lipinski definition) is 1. The highest BCUT2D eigenvalue weighted by molar-refractivity contribution is 5.94. The zero-order chi connectivity index (χ0) is 20.8. The number of carbonyl (C=O) groups is 1. The maximum Gasteiger partial charge on any atom is 0.410 e. The lowest BCUT2D eigenvalue weighted by molar-refractivity contribution is -0.174. The third kappa shape index (κ3) is 3.82. The lowest BCUT2D eigenvalue weighted by Crippen LogP contribution is -2.47. The molecule has 9 heteroatoms. The molecule has 156 valence electrons. The highest BCUT2D eigenvalue weighted by Gasteiger charge is 2.47. The molecule has 1 N–H and O–H groups in total. The second-order valence-corrected chi connectivity index (χ2v) is 7.77. The SMILES string of the molecule is Cc1cc2n(n1)[C@@H](C(F)(F)F)C[C@@H](C1CCN(C(=O)c3ccccc3F)CC1)N2. The quantitative estimate of drug-likeness (QED) is 0.756. The van der Waals surface area contributed by atoms with Crippen molar-refractivity contribution in [2.45, 2.75) is 44.4 Å². The lowest BCUT2D eigenvalue weighted by atomic mass is 9.84. The van der Waals surface area contributed by atoms with E-state index in [4.69, 9.17) is 0 Å². The number of nitrogens with one attached hydrogen (secondary N) is 1. The summed E-state index contributed by atoms with van der Waals surface area (Å²) in [6.07, 6.45) is -3.34. The fourth-order valence-electron chi connectivity index (χ4n) is 4.34. The fourth-order valence-corrected chi connectivity index (χ4v) is 4.34. The Bertz CT molecular complexity index is 902. The Morgan fingerprint density at radius 2 is 1.90 bits per heavy atom. The topological polar surface area (TPSA) is 50.2 Å². The number of fused-ring (bicyclic) bond motifs is 1. The van der Waals surface area contributed by atoms with Gasteiger partial charge in [0.25, 0.3) is 5.91 Å². The number of alkyl halides is 3. The molecule has 1 saturated heterocycles. The predicted molar refractivity (Wildman–Crippen MR) is 99.1 cm³/mol. The van der Waals surface area contributed by atoms with Gasteiger partial charge in [0.05, 0.1) is 11.3 Å². The van der Waals surface area contributed by atoms with Crippen molar-refractivity contribution in [2.75, 3.05) is 18.4 Å². The number of halogens is 4. The zero-order valence-corrected chi connectivity index (χ0v) is 15.9. The summed E-state index contributed by atoms with van der Waals surface area (Å²) in [5, 5.41) is 7.21. The molecule has 0 unspecified atom stereocenters. The van der Waals surface area contributed by atoms with Crippen LogP contribution in [0.5, 0.6) is 0 Å². The smallest absolute Gasteiger partial charge is 0.367 e. The number of nitrogens with zero attached hydrogens (tertiary/aromatic N) is 3. The van der Waals surface area contributed by atoms with Gasteiger partial charge in [0.2, 0.25) is 0 Å². The number of carbonyl (C=O) groups excluding carboxylic acids is 1. The van der Waals surface area contributed by atoms with Crippen LogP contribution in [-0.2, 0) is 0 Å². The van der Waals surface area contributed by atoms with E-state index in [1.807, 2.05) is 0 Å². The highest BCUT2D eigenvalue weighted by atomic mass is 19.4. The van der Waals surface area contributed by atoms with Crippen LogP contribution in [0.25, 0.3) is 0 Å². The van der Waals surface area contributed by atoms with Crippen molar-refractivity contribution < 1.29 is 22.4 Å². The van der Waals surface area contributed by atoms with Crippen molar-refractivity contribution in [2.24, 2.45) is 5.92 Å². The van der Waals surface area contributed by atoms with Crippen LogP contribution in [-0.4, -0.2) is 45.9 Å². The summed E-state index contributed by atoms with van der Waals surface area (Å²) in [6, 6.07) is 5.44. The Kier molecular flexibility index (Phi) is 5.00. The van der Waals surface area contributed by atoms with Crippen LogP contribution >= 0.6 is 0 Å². The first-order valence-electron chi connectivity index (χ1n) is 9.67. The maximum atomic E-state index is 13.9. The fraction of sp³-hybridized carbons (Fsp3) is 0.500. The number of piperidine rings is 1. The van der Waals surface area contributed by atoms with Crippen molar-refractivity contribution >= 4 is 11.7 Å². The minimum absolute atomic E-state index is 0.00604. The van der Waals surface area contributed by atoms with Crippen molar-refractivity contribution in [3.8, 4) is 0 Å². The summed E-state index contributed by atoms with van der Waals surface area (Å²) in [6.45, 7) is 2.46. The van der Waals surface area contributed by atoms with E-state index in [0.717, 1.165) is 4.68 Å². The largest absolute Gasteiger partial charge is 0.410 e. The molecule has 1 amide bonds. The van der Waals surface area contributed by atoms with Gasteiger partial charge >= 0.3 is 6.18 Å². The van der Waals surface area contributed by atoms with E-state index in [-0.39, 0.29) is 29.9 Å². The van der Waals surface area contributed by atoms with E-state index >= 15 is 0 Å². The Morgan fingerprint density at radius 3 is 2.55 bits per heavy atom. The van der Waals surface area contributed by atoms with Gasteiger partial charge in [0.15, 0.2) is 6.04 Å².